The first-order valence-electron chi connectivity index (χ1n) is 9.54. The summed E-state index contributed by atoms with van der Waals surface area (Å²) in [5.74, 6) is 0.0107. The van der Waals surface area contributed by atoms with Crippen LogP contribution in [0.25, 0.3) is 0 Å². The van der Waals surface area contributed by atoms with Gasteiger partial charge in [0.15, 0.2) is 11.5 Å². The van der Waals surface area contributed by atoms with Crippen molar-refractivity contribution in [2.45, 2.75) is 37.8 Å². The van der Waals surface area contributed by atoms with Crippen LogP contribution in [0.15, 0.2) is 53.4 Å². The highest BCUT2D eigenvalue weighted by Gasteiger charge is 2.23. The number of primary amides is 1. The van der Waals surface area contributed by atoms with Crippen molar-refractivity contribution in [1.82, 2.24) is 9.97 Å². The minimum atomic E-state index is -0.697. The second-order valence-electron chi connectivity index (χ2n) is 6.86. The zero-order chi connectivity index (χ0) is 20.6. The van der Waals surface area contributed by atoms with E-state index in [9.17, 15) is 4.79 Å². The summed E-state index contributed by atoms with van der Waals surface area (Å²) in [5, 5.41) is 6.29. The Kier molecular flexibility index (Phi) is 6.75. The van der Waals surface area contributed by atoms with Gasteiger partial charge in [0.05, 0.1) is 23.8 Å². The van der Waals surface area contributed by atoms with Crippen LogP contribution < -0.4 is 27.8 Å². The molecule has 9 nitrogen and oxygen atoms in total. The summed E-state index contributed by atoms with van der Waals surface area (Å²) in [6.45, 7) is 0. The number of hydrogen-bond donors (Lipinski definition) is 5. The molecule has 0 radical (unpaired) electrons. The molecule has 1 aromatic carbocycles. The van der Waals surface area contributed by atoms with Gasteiger partial charge in [0.25, 0.3) is 5.91 Å². The van der Waals surface area contributed by atoms with Crippen LogP contribution in [0.4, 0.5) is 17.3 Å². The van der Waals surface area contributed by atoms with Crippen molar-refractivity contribution < 1.29 is 4.79 Å². The Bertz CT molecular complexity index is 897. The van der Waals surface area contributed by atoms with Crippen LogP contribution in [-0.2, 0) is 0 Å². The van der Waals surface area contributed by atoms with E-state index in [1.807, 2.05) is 30.3 Å². The number of nitrogens with two attached hydrogens (primary N) is 3. The van der Waals surface area contributed by atoms with Gasteiger partial charge in [0.2, 0.25) is 0 Å². The number of anilines is 2. The maximum atomic E-state index is 11.8. The number of allylic oxidation sites excluding steroid dienone is 1. The molecule has 0 unspecified atom stereocenters. The number of benzene rings is 1. The molecule has 1 saturated carbocycles. The molecule has 29 heavy (non-hydrogen) atoms. The summed E-state index contributed by atoms with van der Waals surface area (Å²) in [7, 11) is 0. The summed E-state index contributed by atoms with van der Waals surface area (Å²) in [6, 6.07) is 9.54. The Morgan fingerprint density at radius 3 is 2.66 bits per heavy atom. The normalized spacial score (nSPS) is 19.8. The van der Waals surface area contributed by atoms with Gasteiger partial charge in [-0.15, -0.1) is 0 Å². The molecule has 2 atom stereocenters. The third-order valence-electron chi connectivity index (χ3n) is 4.71. The summed E-state index contributed by atoms with van der Waals surface area (Å²) in [4.78, 5) is 24.7. The zero-order valence-corrected chi connectivity index (χ0v) is 16.1. The number of aromatic nitrogens is 2. The second kappa shape index (κ2) is 9.65. The fourth-order valence-corrected chi connectivity index (χ4v) is 3.17. The number of carbonyl (C=O) groups excluding carboxylic acids is 1. The maximum absolute atomic E-state index is 11.8. The van der Waals surface area contributed by atoms with Crippen molar-refractivity contribution in [1.29, 1.82) is 0 Å². The summed E-state index contributed by atoms with van der Waals surface area (Å²) < 4.78 is 0. The molecule has 1 amide bonds. The van der Waals surface area contributed by atoms with Gasteiger partial charge < -0.3 is 27.8 Å². The molecule has 0 spiro atoms. The van der Waals surface area contributed by atoms with Gasteiger partial charge in [-0.1, -0.05) is 31.0 Å². The molecule has 0 saturated heterocycles. The van der Waals surface area contributed by atoms with Crippen LogP contribution >= 0.6 is 0 Å². The molecule has 0 bridgehead atoms. The van der Waals surface area contributed by atoms with E-state index in [1.54, 1.807) is 6.21 Å². The van der Waals surface area contributed by atoms with Crippen LogP contribution in [0.1, 0.15) is 36.2 Å². The van der Waals surface area contributed by atoms with Crippen LogP contribution in [0.3, 0.4) is 0 Å². The first-order chi connectivity index (χ1) is 14.1. The highest BCUT2D eigenvalue weighted by atomic mass is 16.1. The Morgan fingerprint density at radius 1 is 1.21 bits per heavy atom. The minimum absolute atomic E-state index is 0.0101. The first kappa shape index (κ1) is 20.3. The van der Waals surface area contributed by atoms with E-state index in [1.165, 1.54) is 12.4 Å². The lowest BCUT2D eigenvalue weighted by Crippen LogP contribution is -2.42. The van der Waals surface area contributed by atoms with Crippen molar-refractivity contribution in [3.8, 4) is 0 Å². The monoisotopic (exact) mass is 394 g/mol. The standard InChI is InChI=1S/C20H26N8O/c21-10-14(11-24-13-6-2-1-3-7-13)26-20-18(19(23)29)25-12-17(28-20)27-16-9-5-4-8-15(16)22/h1-3,6-7,10-12,15-16H,4-5,8-9,21-22H2,(H2,23,29)(H2,26,27,28)/b14-10+,24-11?/t15-,16+/m0/s1. The van der Waals surface area contributed by atoms with Gasteiger partial charge in [-0.25, -0.2) is 9.97 Å². The zero-order valence-electron chi connectivity index (χ0n) is 16.1. The van der Waals surface area contributed by atoms with E-state index in [-0.39, 0.29) is 23.6 Å². The van der Waals surface area contributed by atoms with E-state index in [2.05, 4.69) is 25.6 Å². The molecule has 1 aromatic heterocycles. The Labute approximate surface area is 169 Å². The Balaban J connectivity index is 1.80. The number of aliphatic imine (C=N–C) groups is 1. The van der Waals surface area contributed by atoms with E-state index in [4.69, 9.17) is 17.2 Å². The molecule has 8 N–H and O–H groups in total. The number of nitrogens with zero attached hydrogens (tertiary/aromatic N) is 3. The highest BCUT2D eigenvalue weighted by molar-refractivity contribution is 5.97. The lowest BCUT2D eigenvalue weighted by Gasteiger charge is -2.29. The molecule has 1 heterocycles. The van der Waals surface area contributed by atoms with E-state index >= 15 is 0 Å². The van der Waals surface area contributed by atoms with Gasteiger partial charge in [0, 0.05) is 18.3 Å². The molecule has 3 rings (SSSR count). The summed E-state index contributed by atoms with van der Waals surface area (Å²) in [5.41, 5.74) is 18.6. The SMILES string of the molecule is N/C=C(\C=Nc1ccccc1)Nc1nc(N[C@@H]2CCCC[C@@H]2N)cnc1C(N)=O. The third kappa shape index (κ3) is 5.52. The molecular formula is C20H26N8O. The van der Waals surface area contributed by atoms with E-state index in [0.29, 0.717) is 11.5 Å². The topological polar surface area (TPSA) is 157 Å². The molecule has 1 aliphatic rings. The van der Waals surface area contributed by atoms with Crippen molar-refractivity contribution in [2.24, 2.45) is 22.2 Å². The van der Waals surface area contributed by atoms with Crippen LogP contribution in [0, 0.1) is 0 Å². The lowest BCUT2D eigenvalue weighted by molar-refractivity contribution is 0.0996. The number of nitrogens with one attached hydrogen (secondary N) is 2. The fourth-order valence-electron chi connectivity index (χ4n) is 3.17. The van der Waals surface area contributed by atoms with Gasteiger partial charge in [-0.3, -0.25) is 9.79 Å². The molecule has 9 heteroatoms. The summed E-state index contributed by atoms with van der Waals surface area (Å²) >= 11 is 0. The number of carbonyl (C=O) groups is 1. The van der Waals surface area contributed by atoms with Crippen LogP contribution in [0.5, 0.6) is 0 Å². The highest BCUT2D eigenvalue weighted by Crippen LogP contribution is 2.22. The average Bonchev–Trinajstić information content (AvgIpc) is 2.73. The molecule has 2 aromatic rings. The molecule has 1 aliphatic carbocycles. The van der Waals surface area contributed by atoms with E-state index in [0.717, 1.165) is 31.4 Å². The van der Waals surface area contributed by atoms with Gasteiger partial charge in [0.1, 0.15) is 5.82 Å². The third-order valence-corrected chi connectivity index (χ3v) is 4.71. The maximum Gasteiger partial charge on any atom is 0.271 e. The van der Waals surface area contributed by atoms with Crippen molar-refractivity contribution >= 4 is 29.4 Å². The fraction of sp³-hybridized carbons (Fsp3) is 0.300. The molecule has 1 fully saturated rings. The van der Waals surface area contributed by atoms with Crippen LogP contribution in [-0.4, -0.2) is 34.2 Å². The second-order valence-corrected chi connectivity index (χ2v) is 6.86. The smallest absolute Gasteiger partial charge is 0.271 e. The van der Waals surface area contributed by atoms with Gasteiger partial charge >= 0.3 is 0 Å². The van der Waals surface area contributed by atoms with Crippen LogP contribution in [0.2, 0.25) is 0 Å². The summed E-state index contributed by atoms with van der Waals surface area (Å²) in [6.07, 6.45) is 8.51. The Hall–Kier alpha value is -3.46. The van der Waals surface area contributed by atoms with Crippen molar-refractivity contribution in [3.05, 3.63) is 54.1 Å². The van der Waals surface area contributed by atoms with Gasteiger partial charge in [-0.05, 0) is 25.0 Å². The lowest BCUT2D eigenvalue weighted by atomic mass is 9.91. The average molecular weight is 394 g/mol. The predicted molar refractivity (Wildman–Crippen MR) is 115 cm³/mol. The Morgan fingerprint density at radius 2 is 1.97 bits per heavy atom. The van der Waals surface area contributed by atoms with Crippen molar-refractivity contribution in [3.63, 3.8) is 0 Å². The van der Waals surface area contributed by atoms with Gasteiger partial charge in [-0.2, -0.15) is 0 Å². The van der Waals surface area contributed by atoms with E-state index < -0.39 is 5.91 Å². The number of amides is 1. The minimum Gasteiger partial charge on any atom is -0.403 e. The quantitative estimate of drug-likeness (QED) is 0.448. The molecule has 0 aliphatic heterocycles. The first-order valence-corrected chi connectivity index (χ1v) is 9.54. The molecule has 152 valence electrons. The molecular weight excluding hydrogens is 368 g/mol. The number of rotatable bonds is 7. The van der Waals surface area contributed by atoms with Crippen molar-refractivity contribution in [2.75, 3.05) is 10.6 Å². The number of para-hydroxylation sites is 1. The predicted octanol–water partition coefficient (Wildman–Crippen LogP) is 1.87. The number of hydrogen-bond acceptors (Lipinski definition) is 8. The largest absolute Gasteiger partial charge is 0.403 e.